The minimum atomic E-state index is 0.771. The van der Waals surface area contributed by atoms with E-state index in [0.717, 1.165) is 16.8 Å². The van der Waals surface area contributed by atoms with Gasteiger partial charge in [0.05, 0.1) is 17.3 Å². The second-order valence-corrected chi connectivity index (χ2v) is 2.58. The average molecular weight is 190 g/mol. The normalized spacial score (nSPS) is 10.0. The average Bonchev–Trinajstić information content (AvgIpc) is 2.18. The van der Waals surface area contributed by atoms with Gasteiger partial charge in [0.2, 0.25) is 0 Å². The zero-order valence-electron chi connectivity index (χ0n) is 5.15. The first-order valence-electron chi connectivity index (χ1n) is 2.71. The van der Waals surface area contributed by atoms with Crippen LogP contribution in [0.4, 0.5) is 0 Å². The van der Waals surface area contributed by atoms with Gasteiger partial charge in [-0.15, -0.1) is 0 Å². The molecule has 0 bridgehead atoms. The van der Waals surface area contributed by atoms with Gasteiger partial charge < -0.3 is 9.73 Å². The molecule has 0 aromatic carbocycles. The summed E-state index contributed by atoms with van der Waals surface area (Å²) in [5.74, 6) is 0.942. The quantitative estimate of drug-likeness (QED) is 0.768. The Bertz CT molecular complexity index is 185. The molecule has 0 saturated heterocycles. The van der Waals surface area contributed by atoms with Crippen molar-refractivity contribution in [2.45, 2.75) is 6.54 Å². The van der Waals surface area contributed by atoms with Gasteiger partial charge >= 0.3 is 0 Å². The predicted molar refractivity (Wildman–Crippen MR) is 39.2 cm³/mol. The van der Waals surface area contributed by atoms with Crippen molar-refractivity contribution >= 4 is 15.9 Å². The molecule has 0 aliphatic carbocycles. The molecule has 1 rings (SSSR count). The Labute approximate surface area is 62.4 Å². The summed E-state index contributed by atoms with van der Waals surface area (Å²) in [6.07, 6.45) is 1.66. The summed E-state index contributed by atoms with van der Waals surface area (Å²) in [7, 11) is 1.88. The molecule has 50 valence electrons. The molecule has 2 nitrogen and oxygen atoms in total. The lowest BCUT2D eigenvalue weighted by molar-refractivity contribution is 0.493. The molecule has 1 N–H and O–H groups in total. The van der Waals surface area contributed by atoms with Crippen molar-refractivity contribution < 1.29 is 4.42 Å². The number of nitrogens with one attached hydrogen (secondary N) is 1. The van der Waals surface area contributed by atoms with Crippen LogP contribution in [0.15, 0.2) is 21.2 Å². The second kappa shape index (κ2) is 3.03. The van der Waals surface area contributed by atoms with Gasteiger partial charge in [0, 0.05) is 0 Å². The van der Waals surface area contributed by atoms with Crippen LogP contribution in [0.2, 0.25) is 0 Å². The van der Waals surface area contributed by atoms with Crippen LogP contribution in [0.5, 0.6) is 0 Å². The standard InChI is InChI=1S/C6H8BrNO/c1-8-4-6-5(7)2-3-9-6/h2-3,8H,4H2,1H3. The third-order valence-corrected chi connectivity index (χ3v) is 1.73. The Balaban J connectivity index is 2.69. The van der Waals surface area contributed by atoms with Crippen LogP contribution in [0.3, 0.4) is 0 Å². The SMILES string of the molecule is CNCc1occc1Br. The molecule has 9 heavy (non-hydrogen) atoms. The molecule has 0 aliphatic rings. The Hall–Kier alpha value is -0.280. The summed E-state index contributed by atoms with van der Waals surface area (Å²) in [6.45, 7) is 0.771. The number of hydrogen-bond acceptors (Lipinski definition) is 2. The van der Waals surface area contributed by atoms with Crippen molar-refractivity contribution in [2.75, 3.05) is 7.05 Å². The molecule has 1 heterocycles. The minimum absolute atomic E-state index is 0.771. The van der Waals surface area contributed by atoms with E-state index in [1.165, 1.54) is 0 Å². The third kappa shape index (κ3) is 1.56. The molecule has 0 fully saturated rings. The first-order chi connectivity index (χ1) is 4.34. The van der Waals surface area contributed by atoms with Gasteiger partial charge in [-0.3, -0.25) is 0 Å². The highest BCUT2D eigenvalue weighted by atomic mass is 79.9. The Morgan fingerprint density at radius 1 is 1.78 bits per heavy atom. The van der Waals surface area contributed by atoms with E-state index < -0.39 is 0 Å². The van der Waals surface area contributed by atoms with Gasteiger partial charge in [-0.1, -0.05) is 0 Å². The number of furan rings is 1. The fourth-order valence-corrected chi connectivity index (χ4v) is 0.953. The van der Waals surface area contributed by atoms with Crippen molar-refractivity contribution in [1.82, 2.24) is 5.32 Å². The van der Waals surface area contributed by atoms with E-state index in [1.807, 2.05) is 13.1 Å². The van der Waals surface area contributed by atoms with Gasteiger partial charge in [0.1, 0.15) is 5.76 Å². The summed E-state index contributed by atoms with van der Waals surface area (Å²) < 4.78 is 6.12. The summed E-state index contributed by atoms with van der Waals surface area (Å²) in [5.41, 5.74) is 0. The Kier molecular flexibility index (Phi) is 2.30. The van der Waals surface area contributed by atoms with Crippen molar-refractivity contribution in [3.8, 4) is 0 Å². The first kappa shape index (κ1) is 6.83. The van der Waals surface area contributed by atoms with Gasteiger partial charge in [-0.05, 0) is 29.0 Å². The summed E-state index contributed by atoms with van der Waals surface area (Å²) >= 11 is 3.33. The number of hydrogen-bond donors (Lipinski definition) is 1. The zero-order chi connectivity index (χ0) is 6.69. The largest absolute Gasteiger partial charge is 0.467 e. The maximum atomic E-state index is 5.10. The lowest BCUT2D eigenvalue weighted by atomic mass is 10.4. The molecule has 0 spiro atoms. The molecule has 0 radical (unpaired) electrons. The first-order valence-corrected chi connectivity index (χ1v) is 3.50. The minimum Gasteiger partial charge on any atom is -0.467 e. The molecular weight excluding hydrogens is 182 g/mol. The molecular formula is C6H8BrNO. The monoisotopic (exact) mass is 189 g/mol. The highest BCUT2D eigenvalue weighted by Crippen LogP contribution is 2.16. The molecule has 0 aliphatic heterocycles. The van der Waals surface area contributed by atoms with Crippen LogP contribution in [0, 0.1) is 0 Å². The smallest absolute Gasteiger partial charge is 0.131 e. The summed E-state index contributed by atoms with van der Waals surface area (Å²) in [4.78, 5) is 0. The van der Waals surface area contributed by atoms with E-state index >= 15 is 0 Å². The highest BCUT2D eigenvalue weighted by molar-refractivity contribution is 9.10. The fraction of sp³-hybridized carbons (Fsp3) is 0.333. The van der Waals surface area contributed by atoms with E-state index in [0.29, 0.717) is 0 Å². The molecule has 0 saturated carbocycles. The lowest BCUT2D eigenvalue weighted by Crippen LogP contribution is -2.03. The van der Waals surface area contributed by atoms with Gasteiger partial charge in [-0.2, -0.15) is 0 Å². The second-order valence-electron chi connectivity index (χ2n) is 1.72. The zero-order valence-corrected chi connectivity index (χ0v) is 6.73. The van der Waals surface area contributed by atoms with Crippen LogP contribution < -0.4 is 5.32 Å². The van der Waals surface area contributed by atoms with Crippen molar-refractivity contribution in [3.63, 3.8) is 0 Å². The Morgan fingerprint density at radius 3 is 3.00 bits per heavy atom. The van der Waals surface area contributed by atoms with Crippen molar-refractivity contribution in [3.05, 3.63) is 22.6 Å². The molecule has 0 atom stereocenters. The van der Waals surface area contributed by atoms with E-state index in [9.17, 15) is 0 Å². The Morgan fingerprint density at radius 2 is 2.56 bits per heavy atom. The molecule has 1 aromatic rings. The van der Waals surface area contributed by atoms with Crippen LogP contribution in [0.1, 0.15) is 5.76 Å². The maximum absolute atomic E-state index is 5.10. The molecule has 3 heteroatoms. The summed E-state index contributed by atoms with van der Waals surface area (Å²) in [5, 5.41) is 2.99. The molecule has 1 aromatic heterocycles. The van der Waals surface area contributed by atoms with Gasteiger partial charge in [0.25, 0.3) is 0 Å². The van der Waals surface area contributed by atoms with Crippen LogP contribution >= 0.6 is 15.9 Å². The van der Waals surface area contributed by atoms with E-state index in [-0.39, 0.29) is 0 Å². The van der Waals surface area contributed by atoms with Gasteiger partial charge in [-0.25, -0.2) is 0 Å². The highest BCUT2D eigenvalue weighted by Gasteiger charge is 1.98. The molecule has 0 unspecified atom stereocenters. The number of halogens is 1. The summed E-state index contributed by atoms with van der Waals surface area (Å²) in [6, 6.07) is 1.88. The maximum Gasteiger partial charge on any atom is 0.131 e. The number of rotatable bonds is 2. The fourth-order valence-electron chi connectivity index (χ4n) is 0.612. The third-order valence-electron chi connectivity index (χ3n) is 1.03. The van der Waals surface area contributed by atoms with E-state index in [2.05, 4.69) is 21.2 Å². The van der Waals surface area contributed by atoms with E-state index in [4.69, 9.17) is 4.42 Å². The predicted octanol–water partition coefficient (Wildman–Crippen LogP) is 1.76. The van der Waals surface area contributed by atoms with Crippen molar-refractivity contribution in [1.29, 1.82) is 0 Å². The van der Waals surface area contributed by atoms with Crippen LogP contribution in [-0.2, 0) is 6.54 Å². The van der Waals surface area contributed by atoms with Crippen molar-refractivity contribution in [2.24, 2.45) is 0 Å². The van der Waals surface area contributed by atoms with Crippen LogP contribution in [-0.4, -0.2) is 7.05 Å². The van der Waals surface area contributed by atoms with Crippen LogP contribution in [0.25, 0.3) is 0 Å². The van der Waals surface area contributed by atoms with E-state index in [1.54, 1.807) is 6.26 Å². The topological polar surface area (TPSA) is 25.2 Å². The lowest BCUT2D eigenvalue weighted by Gasteiger charge is -1.92. The van der Waals surface area contributed by atoms with Gasteiger partial charge in [0.15, 0.2) is 0 Å². The molecule has 0 amide bonds.